The highest BCUT2D eigenvalue weighted by Gasteiger charge is 2.40. The monoisotopic (exact) mass is 374 g/mol. The SMILES string of the molecule is O=C(NCCS(=O)(=O)C1CC1)N[C@@H]1C[C@H]1c1cnn(-c2ccccc2)c1. The van der Waals surface area contributed by atoms with Crippen molar-refractivity contribution in [3.05, 3.63) is 48.3 Å². The van der Waals surface area contributed by atoms with Crippen molar-refractivity contribution in [2.45, 2.75) is 36.5 Å². The zero-order valence-corrected chi connectivity index (χ0v) is 15.2. The van der Waals surface area contributed by atoms with Gasteiger partial charge in [0.05, 0.1) is 22.9 Å². The van der Waals surface area contributed by atoms with Crippen LogP contribution in [0.1, 0.15) is 30.7 Å². The fourth-order valence-corrected chi connectivity index (χ4v) is 4.67. The van der Waals surface area contributed by atoms with E-state index in [0.717, 1.165) is 30.5 Å². The van der Waals surface area contributed by atoms with E-state index >= 15 is 0 Å². The topological polar surface area (TPSA) is 93.1 Å². The van der Waals surface area contributed by atoms with Gasteiger partial charge in [-0.05, 0) is 37.0 Å². The number of carbonyl (C=O) groups excluding carboxylic acids is 1. The zero-order valence-electron chi connectivity index (χ0n) is 14.3. The maximum Gasteiger partial charge on any atom is 0.315 e. The van der Waals surface area contributed by atoms with E-state index in [-0.39, 0.29) is 35.5 Å². The van der Waals surface area contributed by atoms with Crippen LogP contribution >= 0.6 is 0 Å². The molecule has 2 aliphatic rings. The van der Waals surface area contributed by atoms with Gasteiger partial charge in [-0.3, -0.25) is 0 Å². The molecule has 0 bridgehead atoms. The minimum absolute atomic E-state index is 0.0169. The van der Waals surface area contributed by atoms with Gasteiger partial charge in [0.15, 0.2) is 9.84 Å². The molecule has 26 heavy (non-hydrogen) atoms. The Labute approximate surface area is 152 Å². The first-order valence-electron chi connectivity index (χ1n) is 8.89. The molecule has 2 atom stereocenters. The van der Waals surface area contributed by atoms with Gasteiger partial charge < -0.3 is 10.6 Å². The number of hydrogen-bond acceptors (Lipinski definition) is 4. The van der Waals surface area contributed by atoms with Gasteiger partial charge in [0.2, 0.25) is 0 Å². The van der Waals surface area contributed by atoms with E-state index < -0.39 is 9.84 Å². The van der Waals surface area contributed by atoms with Crippen LogP contribution in [0.5, 0.6) is 0 Å². The van der Waals surface area contributed by atoms with Crippen molar-refractivity contribution in [3.8, 4) is 5.69 Å². The number of nitrogens with zero attached hydrogens (tertiary/aromatic N) is 2. The Bertz CT molecular complexity index is 890. The highest BCUT2D eigenvalue weighted by Crippen LogP contribution is 2.40. The molecule has 4 rings (SSSR count). The third-order valence-electron chi connectivity index (χ3n) is 4.86. The molecule has 1 heterocycles. The van der Waals surface area contributed by atoms with E-state index in [4.69, 9.17) is 0 Å². The van der Waals surface area contributed by atoms with Crippen LogP contribution < -0.4 is 10.6 Å². The number of benzene rings is 1. The molecular weight excluding hydrogens is 352 g/mol. The summed E-state index contributed by atoms with van der Waals surface area (Å²) >= 11 is 0. The number of para-hydroxylation sites is 1. The van der Waals surface area contributed by atoms with Gasteiger partial charge in [0.1, 0.15) is 0 Å². The first-order chi connectivity index (χ1) is 12.5. The van der Waals surface area contributed by atoms with Gasteiger partial charge in [-0.1, -0.05) is 18.2 Å². The smallest absolute Gasteiger partial charge is 0.315 e. The van der Waals surface area contributed by atoms with Gasteiger partial charge >= 0.3 is 6.03 Å². The number of hydrogen-bond donors (Lipinski definition) is 2. The average molecular weight is 374 g/mol. The molecule has 1 aromatic heterocycles. The van der Waals surface area contributed by atoms with E-state index in [9.17, 15) is 13.2 Å². The first kappa shape index (κ1) is 17.1. The van der Waals surface area contributed by atoms with Crippen molar-refractivity contribution < 1.29 is 13.2 Å². The lowest BCUT2D eigenvalue weighted by atomic mass is 10.2. The van der Waals surface area contributed by atoms with Crippen LogP contribution in [0.2, 0.25) is 0 Å². The Kier molecular flexibility index (Phi) is 4.44. The molecule has 0 aliphatic heterocycles. The van der Waals surface area contributed by atoms with Gasteiger partial charge in [-0.15, -0.1) is 0 Å². The molecule has 0 radical (unpaired) electrons. The molecule has 2 aromatic rings. The van der Waals surface area contributed by atoms with Crippen LogP contribution in [0.15, 0.2) is 42.7 Å². The van der Waals surface area contributed by atoms with E-state index in [1.54, 1.807) is 0 Å². The molecule has 0 spiro atoms. The minimum atomic E-state index is -3.03. The Morgan fingerprint density at radius 3 is 2.73 bits per heavy atom. The molecule has 7 nitrogen and oxygen atoms in total. The molecule has 2 aliphatic carbocycles. The second kappa shape index (κ2) is 6.75. The van der Waals surface area contributed by atoms with Crippen molar-refractivity contribution in [1.29, 1.82) is 0 Å². The van der Waals surface area contributed by atoms with Crippen LogP contribution in [-0.2, 0) is 9.84 Å². The quantitative estimate of drug-likeness (QED) is 0.770. The van der Waals surface area contributed by atoms with Crippen LogP contribution in [0, 0.1) is 0 Å². The van der Waals surface area contributed by atoms with Crippen LogP contribution in [0.25, 0.3) is 5.69 Å². The molecule has 2 N–H and O–H groups in total. The molecule has 138 valence electrons. The van der Waals surface area contributed by atoms with Gasteiger partial charge in [-0.25, -0.2) is 17.9 Å². The molecular formula is C18H22N4O3S. The lowest BCUT2D eigenvalue weighted by Crippen LogP contribution is -2.39. The number of aromatic nitrogens is 2. The molecule has 0 saturated heterocycles. The Hall–Kier alpha value is -2.35. The van der Waals surface area contributed by atoms with Crippen LogP contribution in [0.4, 0.5) is 4.79 Å². The van der Waals surface area contributed by atoms with Crippen molar-refractivity contribution in [2.24, 2.45) is 0 Å². The van der Waals surface area contributed by atoms with Crippen molar-refractivity contribution in [1.82, 2.24) is 20.4 Å². The fourth-order valence-electron chi connectivity index (χ4n) is 3.09. The number of rotatable bonds is 7. The molecule has 2 saturated carbocycles. The number of nitrogens with one attached hydrogen (secondary N) is 2. The average Bonchev–Trinajstić information content (AvgIpc) is 3.55. The summed E-state index contributed by atoms with van der Waals surface area (Å²) in [7, 11) is -3.03. The number of urea groups is 1. The van der Waals surface area contributed by atoms with Gasteiger partial charge in [0.25, 0.3) is 0 Å². The van der Waals surface area contributed by atoms with Crippen molar-refractivity contribution in [2.75, 3.05) is 12.3 Å². The van der Waals surface area contributed by atoms with E-state index in [2.05, 4.69) is 15.7 Å². The summed E-state index contributed by atoms with van der Waals surface area (Å²) in [6, 6.07) is 9.63. The van der Waals surface area contributed by atoms with E-state index in [0.29, 0.717) is 0 Å². The minimum Gasteiger partial charge on any atom is -0.337 e. The predicted molar refractivity (Wildman–Crippen MR) is 98.1 cm³/mol. The molecule has 1 aromatic carbocycles. The number of sulfone groups is 1. The molecule has 0 unspecified atom stereocenters. The second-order valence-electron chi connectivity index (χ2n) is 6.97. The summed E-state index contributed by atoms with van der Waals surface area (Å²) in [5, 5.41) is 9.75. The highest BCUT2D eigenvalue weighted by molar-refractivity contribution is 7.92. The Morgan fingerprint density at radius 2 is 2.00 bits per heavy atom. The number of carbonyl (C=O) groups is 1. The maximum absolute atomic E-state index is 11.9. The van der Waals surface area contributed by atoms with Gasteiger partial charge in [0, 0.05) is 24.7 Å². The van der Waals surface area contributed by atoms with Crippen LogP contribution in [0.3, 0.4) is 0 Å². The van der Waals surface area contributed by atoms with Gasteiger partial charge in [-0.2, -0.15) is 5.10 Å². The molecule has 2 fully saturated rings. The lowest BCUT2D eigenvalue weighted by molar-refractivity contribution is 0.241. The Morgan fingerprint density at radius 1 is 1.23 bits per heavy atom. The third kappa shape index (κ3) is 3.90. The van der Waals surface area contributed by atoms with E-state index in [1.807, 2.05) is 47.4 Å². The molecule has 8 heteroatoms. The normalized spacial score (nSPS) is 22.0. The highest BCUT2D eigenvalue weighted by atomic mass is 32.2. The summed E-state index contributed by atoms with van der Waals surface area (Å²) in [6.07, 6.45) is 6.21. The van der Waals surface area contributed by atoms with Crippen molar-refractivity contribution >= 4 is 15.9 Å². The molecule has 2 amide bonds. The maximum atomic E-state index is 11.9. The second-order valence-corrected chi connectivity index (χ2v) is 9.37. The number of amides is 2. The van der Waals surface area contributed by atoms with Crippen LogP contribution in [-0.4, -0.2) is 47.8 Å². The zero-order chi connectivity index (χ0) is 18.1. The third-order valence-corrected chi connectivity index (χ3v) is 7.12. The summed E-state index contributed by atoms with van der Waals surface area (Å²) in [4.78, 5) is 11.9. The summed E-state index contributed by atoms with van der Waals surface area (Å²) in [5.74, 6) is 0.275. The van der Waals surface area contributed by atoms with Crippen molar-refractivity contribution in [3.63, 3.8) is 0 Å². The van der Waals surface area contributed by atoms with E-state index in [1.165, 1.54) is 0 Å². The summed E-state index contributed by atoms with van der Waals surface area (Å²) in [5.41, 5.74) is 2.09. The standard InChI is InChI=1S/C18H22N4O3S/c23-18(19-8-9-26(24,25)15-6-7-15)21-17-10-16(17)13-11-20-22(12-13)14-4-2-1-3-5-14/h1-5,11-12,15-17H,6-10H2,(H2,19,21,23)/t16-,17+/m0/s1. The lowest BCUT2D eigenvalue weighted by Gasteiger charge is -2.07. The summed E-state index contributed by atoms with van der Waals surface area (Å²) < 4.78 is 25.4. The Balaban J connectivity index is 1.24. The predicted octanol–water partition coefficient (Wildman–Crippen LogP) is 1.60. The summed E-state index contributed by atoms with van der Waals surface area (Å²) in [6.45, 7) is 0.161. The first-order valence-corrected chi connectivity index (χ1v) is 10.6. The fraction of sp³-hybridized carbons (Fsp3) is 0.444. The largest absolute Gasteiger partial charge is 0.337 e.